The van der Waals surface area contributed by atoms with Crippen LogP contribution in [-0.4, -0.2) is 17.0 Å². The zero-order chi connectivity index (χ0) is 12.3. The first-order valence-electron chi connectivity index (χ1n) is 4.72. The molecule has 0 saturated carbocycles. The van der Waals surface area contributed by atoms with Crippen molar-refractivity contribution >= 4 is 33.5 Å². The van der Waals surface area contributed by atoms with Gasteiger partial charge in [0.05, 0.1) is 5.69 Å². The Balaban J connectivity index is 2.85. The largest absolute Gasteiger partial charge is 0.481 e. The Kier molecular flexibility index (Phi) is 4.06. The molecule has 0 aliphatic carbocycles. The smallest absolute Gasteiger partial charge is 0.315 e. The number of nitrogens with one attached hydrogen (secondary N) is 1. The van der Waals surface area contributed by atoms with Crippen molar-refractivity contribution in [3.8, 4) is 0 Å². The van der Waals surface area contributed by atoms with E-state index in [-0.39, 0.29) is 0 Å². The van der Waals surface area contributed by atoms with Gasteiger partial charge in [0.25, 0.3) is 0 Å². The van der Waals surface area contributed by atoms with Crippen LogP contribution in [0.25, 0.3) is 0 Å². The summed E-state index contributed by atoms with van der Waals surface area (Å²) < 4.78 is 0.765. The molecule has 0 spiro atoms. The lowest BCUT2D eigenvalue weighted by Crippen LogP contribution is -2.27. The summed E-state index contributed by atoms with van der Waals surface area (Å²) in [4.78, 5) is 22.1. The van der Waals surface area contributed by atoms with Crippen LogP contribution in [-0.2, 0) is 9.59 Å². The van der Waals surface area contributed by atoms with E-state index in [2.05, 4.69) is 21.2 Å². The molecule has 1 aromatic carbocycles. The number of carbonyl (C=O) groups is 2. The molecule has 2 N–H and O–H groups in total. The van der Waals surface area contributed by atoms with E-state index in [4.69, 9.17) is 5.11 Å². The van der Waals surface area contributed by atoms with E-state index in [9.17, 15) is 9.59 Å². The van der Waals surface area contributed by atoms with Gasteiger partial charge < -0.3 is 10.4 Å². The van der Waals surface area contributed by atoms with Gasteiger partial charge in [-0.15, -0.1) is 0 Å². The van der Waals surface area contributed by atoms with Crippen LogP contribution in [0.3, 0.4) is 0 Å². The quantitative estimate of drug-likeness (QED) is 0.838. The monoisotopic (exact) mass is 285 g/mol. The molecule has 0 aliphatic rings. The standard InChI is InChI=1S/C11H12BrNO3/c1-6-4-3-5-8(9(6)12)13-10(14)7(2)11(15)16/h3-5,7H,1-2H3,(H,13,14)(H,15,16). The number of aryl methyl sites for hydroxylation is 1. The second-order valence-corrected chi connectivity index (χ2v) is 4.28. The number of carboxylic acid groups (broad SMARTS) is 1. The summed E-state index contributed by atoms with van der Waals surface area (Å²) in [6, 6.07) is 5.39. The molecule has 1 unspecified atom stereocenters. The Morgan fingerprint density at radius 1 is 1.44 bits per heavy atom. The fourth-order valence-corrected chi connectivity index (χ4v) is 1.46. The lowest BCUT2D eigenvalue weighted by Gasteiger charge is -2.11. The van der Waals surface area contributed by atoms with E-state index in [1.165, 1.54) is 6.92 Å². The molecule has 16 heavy (non-hydrogen) atoms. The number of aliphatic carboxylic acids is 1. The summed E-state index contributed by atoms with van der Waals surface area (Å²) in [7, 11) is 0. The molecule has 1 rings (SSSR count). The van der Waals surface area contributed by atoms with Crippen molar-refractivity contribution in [1.29, 1.82) is 0 Å². The maximum atomic E-state index is 11.5. The van der Waals surface area contributed by atoms with E-state index >= 15 is 0 Å². The number of rotatable bonds is 3. The van der Waals surface area contributed by atoms with Crippen LogP contribution >= 0.6 is 15.9 Å². The number of carbonyl (C=O) groups excluding carboxylic acids is 1. The molecule has 5 heteroatoms. The van der Waals surface area contributed by atoms with E-state index in [0.29, 0.717) is 5.69 Å². The average Bonchev–Trinajstić information content (AvgIpc) is 2.23. The van der Waals surface area contributed by atoms with Crippen molar-refractivity contribution in [2.75, 3.05) is 5.32 Å². The van der Waals surface area contributed by atoms with E-state index in [1.54, 1.807) is 12.1 Å². The normalized spacial score (nSPS) is 11.9. The van der Waals surface area contributed by atoms with E-state index in [0.717, 1.165) is 10.0 Å². The molecule has 0 aromatic heterocycles. The van der Waals surface area contributed by atoms with Crippen LogP contribution in [0.1, 0.15) is 12.5 Å². The Morgan fingerprint density at radius 2 is 2.06 bits per heavy atom. The molecule has 86 valence electrons. The highest BCUT2D eigenvalue weighted by atomic mass is 79.9. The van der Waals surface area contributed by atoms with E-state index in [1.807, 2.05) is 13.0 Å². The van der Waals surface area contributed by atoms with Gasteiger partial charge in [-0.25, -0.2) is 0 Å². The van der Waals surface area contributed by atoms with Gasteiger partial charge in [-0.05, 0) is 41.4 Å². The van der Waals surface area contributed by atoms with Gasteiger partial charge in [0, 0.05) is 4.47 Å². The van der Waals surface area contributed by atoms with Crippen molar-refractivity contribution in [3.63, 3.8) is 0 Å². The third kappa shape index (κ3) is 2.82. The summed E-state index contributed by atoms with van der Waals surface area (Å²) in [5.41, 5.74) is 1.55. The summed E-state index contributed by atoms with van der Waals surface area (Å²) >= 11 is 3.33. The van der Waals surface area contributed by atoms with Crippen molar-refractivity contribution < 1.29 is 14.7 Å². The molecular formula is C11H12BrNO3. The minimum absolute atomic E-state index is 0.529. The van der Waals surface area contributed by atoms with E-state index < -0.39 is 17.8 Å². The zero-order valence-corrected chi connectivity index (χ0v) is 10.5. The fourth-order valence-electron chi connectivity index (χ4n) is 1.10. The zero-order valence-electron chi connectivity index (χ0n) is 8.95. The number of amides is 1. The number of halogens is 1. The van der Waals surface area contributed by atoms with Gasteiger partial charge in [-0.2, -0.15) is 0 Å². The summed E-state index contributed by atoms with van der Waals surface area (Å²) in [6.07, 6.45) is 0. The number of hydrogen-bond acceptors (Lipinski definition) is 2. The molecule has 1 aromatic rings. The predicted molar refractivity (Wildman–Crippen MR) is 64.3 cm³/mol. The number of carboxylic acids is 1. The average molecular weight is 286 g/mol. The van der Waals surface area contributed by atoms with Crippen LogP contribution < -0.4 is 5.32 Å². The highest BCUT2D eigenvalue weighted by Gasteiger charge is 2.21. The first kappa shape index (κ1) is 12.7. The van der Waals surface area contributed by atoms with Gasteiger partial charge in [0.15, 0.2) is 0 Å². The Labute approximate surface area is 102 Å². The molecule has 1 atom stereocenters. The van der Waals surface area contributed by atoms with Crippen LogP contribution in [0.4, 0.5) is 5.69 Å². The highest BCUT2D eigenvalue weighted by molar-refractivity contribution is 9.10. The van der Waals surface area contributed by atoms with Gasteiger partial charge in [0.1, 0.15) is 5.92 Å². The van der Waals surface area contributed by atoms with Gasteiger partial charge >= 0.3 is 5.97 Å². The molecular weight excluding hydrogens is 274 g/mol. The van der Waals surface area contributed by atoms with Crippen molar-refractivity contribution in [1.82, 2.24) is 0 Å². The molecule has 1 amide bonds. The lowest BCUT2D eigenvalue weighted by molar-refractivity contribution is -0.144. The van der Waals surface area contributed by atoms with Gasteiger partial charge in [-0.1, -0.05) is 12.1 Å². The predicted octanol–water partition coefficient (Wildman–Crippen LogP) is 2.42. The first-order valence-corrected chi connectivity index (χ1v) is 5.51. The molecule has 0 bridgehead atoms. The molecule has 0 heterocycles. The molecule has 0 saturated heterocycles. The maximum absolute atomic E-state index is 11.5. The van der Waals surface area contributed by atoms with Crippen molar-refractivity contribution in [2.45, 2.75) is 13.8 Å². The van der Waals surface area contributed by atoms with Gasteiger partial charge in [0.2, 0.25) is 5.91 Å². The van der Waals surface area contributed by atoms with Crippen LogP contribution in [0.15, 0.2) is 22.7 Å². The second kappa shape index (κ2) is 5.12. The Hall–Kier alpha value is -1.36. The van der Waals surface area contributed by atoms with Crippen LogP contribution in [0.5, 0.6) is 0 Å². The topological polar surface area (TPSA) is 66.4 Å². The molecule has 0 fully saturated rings. The first-order chi connectivity index (χ1) is 7.43. The maximum Gasteiger partial charge on any atom is 0.315 e. The van der Waals surface area contributed by atoms with Crippen LogP contribution in [0, 0.1) is 12.8 Å². The SMILES string of the molecule is Cc1cccc(NC(=O)C(C)C(=O)O)c1Br. The number of hydrogen-bond donors (Lipinski definition) is 2. The second-order valence-electron chi connectivity index (χ2n) is 3.49. The molecule has 0 aliphatic heterocycles. The summed E-state index contributed by atoms with van der Waals surface area (Å²) in [5, 5.41) is 11.2. The van der Waals surface area contributed by atoms with Crippen molar-refractivity contribution in [3.05, 3.63) is 28.2 Å². The number of benzene rings is 1. The molecule has 4 nitrogen and oxygen atoms in total. The minimum Gasteiger partial charge on any atom is -0.481 e. The number of anilines is 1. The summed E-state index contributed by atoms with van der Waals surface area (Å²) in [5.74, 6) is -2.73. The molecule has 0 radical (unpaired) electrons. The Morgan fingerprint density at radius 3 is 2.62 bits per heavy atom. The fraction of sp³-hybridized carbons (Fsp3) is 0.273. The van der Waals surface area contributed by atoms with Crippen LogP contribution in [0.2, 0.25) is 0 Å². The third-order valence-electron chi connectivity index (χ3n) is 2.21. The third-order valence-corrected chi connectivity index (χ3v) is 3.27. The Bertz CT molecular complexity index is 431. The minimum atomic E-state index is -1.14. The highest BCUT2D eigenvalue weighted by Crippen LogP contribution is 2.26. The lowest BCUT2D eigenvalue weighted by atomic mass is 10.1. The van der Waals surface area contributed by atoms with Gasteiger partial charge in [-0.3, -0.25) is 9.59 Å². The van der Waals surface area contributed by atoms with Crippen molar-refractivity contribution in [2.24, 2.45) is 5.92 Å². The summed E-state index contributed by atoms with van der Waals surface area (Å²) in [6.45, 7) is 3.24.